The summed E-state index contributed by atoms with van der Waals surface area (Å²) in [4.78, 5) is 32.6. The highest BCUT2D eigenvalue weighted by molar-refractivity contribution is 5.89. The smallest absolute Gasteiger partial charge is 0.315 e. The van der Waals surface area contributed by atoms with Crippen molar-refractivity contribution < 1.29 is 9.18 Å². The van der Waals surface area contributed by atoms with Gasteiger partial charge in [-0.2, -0.15) is 0 Å². The first-order chi connectivity index (χ1) is 14.8. The number of hydrogen-bond donors (Lipinski definition) is 1. The summed E-state index contributed by atoms with van der Waals surface area (Å²) in [6.45, 7) is 8.85. The van der Waals surface area contributed by atoms with Gasteiger partial charge in [0, 0.05) is 18.8 Å². The zero-order valence-electron chi connectivity index (χ0n) is 18.4. The van der Waals surface area contributed by atoms with E-state index in [4.69, 9.17) is 4.98 Å². The molecular formula is C24H29FN4O2. The van der Waals surface area contributed by atoms with Crippen molar-refractivity contribution in [3.05, 3.63) is 70.5 Å². The molecule has 1 atom stereocenters. The summed E-state index contributed by atoms with van der Waals surface area (Å²) in [6.07, 6.45) is 0.783. The summed E-state index contributed by atoms with van der Waals surface area (Å²) < 4.78 is 15.2. The van der Waals surface area contributed by atoms with E-state index < -0.39 is 11.9 Å². The summed E-state index contributed by atoms with van der Waals surface area (Å²) in [5.41, 5.74) is 0.865. The average Bonchev–Trinajstić information content (AvgIpc) is 2.73. The van der Waals surface area contributed by atoms with Crippen molar-refractivity contribution >= 4 is 22.6 Å². The van der Waals surface area contributed by atoms with Crippen LogP contribution in [0.25, 0.3) is 10.9 Å². The Bertz CT molecular complexity index is 1130. The summed E-state index contributed by atoms with van der Waals surface area (Å²) in [5.74, 6) is 0.495. The normalized spacial score (nSPS) is 12.2. The SMILES string of the molecule is CCn1c(C(C)N(CCC(C)C)C(=O)Nc2cccc(F)c2)nc2ccccc2c1=O. The summed E-state index contributed by atoms with van der Waals surface area (Å²) in [5, 5.41) is 3.33. The minimum Gasteiger partial charge on any atom is -0.315 e. The fraction of sp³-hybridized carbons (Fsp3) is 0.375. The van der Waals surface area contributed by atoms with E-state index in [2.05, 4.69) is 19.2 Å². The molecular weight excluding hydrogens is 395 g/mol. The molecule has 0 aliphatic heterocycles. The first-order valence-electron chi connectivity index (χ1n) is 10.6. The van der Waals surface area contributed by atoms with Crippen molar-refractivity contribution in [2.45, 2.75) is 46.7 Å². The monoisotopic (exact) mass is 424 g/mol. The number of aromatic nitrogens is 2. The Balaban J connectivity index is 2.00. The standard InChI is InChI=1S/C24H29FN4O2/c1-5-28-22(27-21-12-7-6-11-20(21)23(28)30)17(4)29(14-13-16(2)3)24(31)26-19-10-8-9-18(25)15-19/h6-12,15-17H,5,13-14H2,1-4H3,(H,26,31). The first-order valence-corrected chi connectivity index (χ1v) is 10.6. The Morgan fingerprint density at radius 1 is 1.16 bits per heavy atom. The van der Waals surface area contributed by atoms with Crippen LogP contribution >= 0.6 is 0 Å². The molecule has 7 heteroatoms. The zero-order valence-corrected chi connectivity index (χ0v) is 18.4. The second kappa shape index (κ2) is 9.73. The minimum absolute atomic E-state index is 0.121. The number of benzene rings is 2. The molecule has 0 bridgehead atoms. The summed E-state index contributed by atoms with van der Waals surface area (Å²) >= 11 is 0. The third-order valence-electron chi connectivity index (χ3n) is 5.33. The average molecular weight is 425 g/mol. The molecule has 1 aromatic heterocycles. The van der Waals surface area contributed by atoms with Gasteiger partial charge >= 0.3 is 6.03 Å². The van der Waals surface area contributed by atoms with Crippen molar-refractivity contribution in [1.82, 2.24) is 14.5 Å². The largest absolute Gasteiger partial charge is 0.322 e. The number of halogens is 1. The Hall–Kier alpha value is -3.22. The van der Waals surface area contributed by atoms with Crippen molar-refractivity contribution in [2.75, 3.05) is 11.9 Å². The highest BCUT2D eigenvalue weighted by atomic mass is 19.1. The van der Waals surface area contributed by atoms with Crippen LogP contribution in [0.4, 0.5) is 14.9 Å². The molecule has 1 unspecified atom stereocenters. The molecule has 0 aliphatic rings. The zero-order chi connectivity index (χ0) is 22.5. The Labute approximate surface area is 181 Å². The van der Waals surface area contributed by atoms with E-state index in [1.165, 1.54) is 12.1 Å². The van der Waals surface area contributed by atoms with Gasteiger partial charge in [-0.15, -0.1) is 0 Å². The fourth-order valence-electron chi connectivity index (χ4n) is 3.58. The van der Waals surface area contributed by atoms with Gasteiger partial charge in [-0.3, -0.25) is 9.36 Å². The van der Waals surface area contributed by atoms with E-state index in [1.807, 2.05) is 26.0 Å². The minimum atomic E-state index is -0.454. The maximum absolute atomic E-state index is 13.6. The molecule has 31 heavy (non-hydrogen) atoms. The van der Waals surface area contributed by atoms with Gasteiger partial charge in [-0.1, -0.05) is 32.0 Å². The van der Waals surface area contributed by atoms with Crippen molar-refractivity contribution in [1.29, 1.82) is 0 Å². The lowest BCUT2D eigenvalue weighted by atomic mass is 10.1. The third-order valence-corrected chi connectivity index (χ3v) is 5.33. The van der Waals surface area contributed by atoms with Crippen LogP contribution in [0, 0.1) is 11.7 Å². The number of urea groups is 1. The van der Waals surface area contributed by atoms with E-state index in [1.54, 1.807) is 33.7 Å². The lowest BCUT2D eigenvalue weighted by Gasteiger charge is -2.31. The second-order valence-corrected chi connectivity index (χ2v) is 8.03. The van der Waals surface area contributed by atoms with Gasteiger partial charge in [0.2, 0.25) is 0 Å². The number of carbonyl (C=O) groups excluding carboxylic acids is 1. The number of amides is 2. The van der Waals surface area contributed by atoms with Crippen molar-refractivity contribution in [3.8, 4) is 0 Å². The predicted molar refractivity (Wildman–Crippen MR) is 122 cm³/mol. The molecule has 3 aromatic rings. The Morgan fingerprint density at radius 2 is 1.90 bits per heavy atom. The molecule has 1 N–H and O–H groups in total. The van der Waals surface area contributed by atoms with Gasteiger partial charge in [0.05, 0.1) is 16.9 Å². The summed E-state index contributed by atoms with van der Waals surface area (Å²) in [7, 11) is 0. The Morgan fingerprint density at radius 3 is 2.58 bits per heavy atom. The molecule has 164 valence electrons. The number of carbonyl (C=O) groups is 1. The number of nitrogens with one attached hydrogen (secondary N) is 1. The lowest BCUT2D eigenvalue weighted by Crippen LogP contribution is -2.41. The van der Waals surface area contributed by atoms with Crippen LogP contribution in [0.5, 0.6) is 0 Å². The molecule has 0 saturated heterocycles. The number of nitrogens with zero attached hydrogens (tertiary/aromatic N) is 3. The molecule has 0 aliphatic carbocycles. The predicted octanol–water partition coefficient (Wildman–Crippen LogP) is 5.20. The number of rotatable bonds is 7. The highest BCUT2D eigenvalue weighted by Gasteiger charge is 2.26. The van der Waals surface area contributed by atoms with E-state index >= 15 is 0 Å². The lowest BCUT2D eigenvalue weighted by molar-refractivity contribution is 0.184. The van der Waals surface area contributed by atoms with Crippen LogP contribution in [0.3, 0.4) is 0 Å². The van der Waals surface area contributed by atoms with Gasteiger partial charge < -0.3 is 10.2 Å². The van der Waals surface area contributed by atoms with E-state index in [0.717, 1.165) is 6.42 Å². The molecule has 2 aromatic carbocycles. The van der Waals surface area contributed by atoms with Crippen molar-refractivity contribution in [2.24, 2.45) is 5.92 Å². The quantitative estimate of drug-likeness (QED) is 0.567. The van der Waals surface area contributed by atoms with Crippen LogP contribution < -0.4 is 10.9 Å². The number of anilines is 1. The fourth-order valence-corrected chi connectivity index (χ4v) is 3.58. The molecule has 2 amide bonds. The first kappa shape index (κ1) is 22.5. The molecule has 3 rings (SSSR count). The molecule has 6 nitrogen and oxygen atoms in total. The van der Waals surface area contributed by atoms with E-state index in [9.17, 15) is 14.0 Å². The molecule has 1 heterocycles. The van der Waals surface area contributed by atoms with Crippen LogP contribution in [0.2, 0.25) is 0 Å². The molecule has 0 spiro atoms. The van der Waals surface area contributed by atoms with E-state index in [-0.39, 0.29) is 11.6 Å². The van der Waals surface area contributed by atoms with Gasteiger partial charge in [-0.25, -0.2) is 14.2 Å². The van der Waals surface area contributed by atoms with Crippen LogP contribution in [0.15, 0.2) is 53.3 Å². The van der Waals surface area contributed by atoms with Gasteiger partial charge in [0.1, 0.15) is 11.6 Å². The topological polar surface area (TPSA) is 67.2 Å². The number of para-hydroxylation sites is 1. The molecule has 0 fully saturated rings. The number of hydrogen-bond acceptors (Lipinski definition) is 3. The van der Waals surface area contributed by atoms with Gasteiger partial charge in [0.25, 0.3) is 5.56 Å². The van der Waals surface area contributed by atoms with Crippen molar-refractivity contribution in [3.63, 3.8) is 0 Å². The maximum atomic E-state index is 13.6. The highest BCUT2D eigenvalue weighted by Crippen LogP contribution is 2.23. The van der Waals surface area contributed by atoms with E-state index in [0.29, 0.717) is 41.4 Å². The van der Waals surface area contributed by atoms with Crippen LogP contribution in [-0.4, -0.2) is 27.0 Å². The maximum Gasteiger partial charge on any atom is 0.322 e. The molecule has 0 saturated carbocycles. The van der Waals surface area contributed by atoms with Crippen LogP contribution in [0.1, 0.15) is 46.0 Å². The number of fused-ring (bicyclic) bond motifs is 1. The van der Waals surface area contributed by atoms with Gasteiger partial charge in [-0.05, 0) is 56.5 Å². The van der Waals surface area contributed by atoms with Gasteiger partial charge in [0.15, 0.2) is 0 Å². The summed E-state index contributed by atoms with van der Waals surface area (Å²) in [6, 6.07) is 12.2. The third kappa shape index (κ3) is 5.10. The van der Waals surface area contributed by atoms with Crippen LogP contribution in [-0.2, 0) is 6.54 Å². The molecule has 0 radical (unpaired) electrons. The Kier molecular flexibility index (Phi) is 7.05. The second-order valence-electron chi connectivity index (χ2n) is 8.03.